The van der Waals surface area contributed by atoms with Crippen LogP contribution in [0.4, 0.5) is 0 Å². The van der Waals surface area contributed by atoms with Gasteiger partial charge >= 0.3 is 0 Å². The second-order valence-electron chi connectivity index (χ2n) is 3.64. The number of rotatable bonds is 5. The van der Waals surface area contributed by atoms with Gasteiger partial charge < -0.3 is 9.84 Å². The third kappa shape index (κ3) is 3.25. The third-order valence-electron chi connectivity index (χ3n) is 2.70. The Morgan fingerprint density at radius 3 is 2.85 bits per heavy atom. The van der Waals surface area contributed by atoms with Gasteiger partial charge in [-0.05, 0) is 19.8 Å². The van der Waals surface area contributed by atoms with Gasteiger partial charge in [-0.1, -0.05) is 6.92 Å². The molecule has 1 N–H and O–H groups in total. The topological polar surface area (TPSA) is 32.7 Å². The van der Waals surface area contributed by atoms with Crippen molar-refractivity contribution in [1.82, 2.24) is 4.90 Å². The molecule has 0 saturated carbocycles. The summed E-state index contributed by atoms with van der Waals surface area (Å²) in [5.41, 5.74) is 0. The first-order valence-corrected chi connectivity index (χ1v) is 5.27. The Kier molecular flexibility index (Phi) is 4.70. The Balaban J connectivity index is 2.23. The first-order chi connectivity index (χ1) is 6.27. The summed E-state index contributed by atoms with van der Waals surface area (Å²) in [5, 5.41) is 9.48. The Morgan fingerprint density at radius 2 is 2.23 bits per heavy atom. The minimum atomic E-state index is -0.119. The molecule has 3 heteroatoms. The standard InChI is InChI=1S/C10H21NO2/c1-3-9-7-10(12)8-11(9)5-6-13-4-2/h9-10,12H,3-8H2,1-2H3/t9-,10+/m1/s1. The number of aliphatic hydroxyl groups is 1. The number of hydrogen-bond donors (Lipinski definition) is 1. The highest BCUT2D eigenvalue weighted by molar-refractivity contribution is 4.83. The predicted molar refractivity (Wildman–Crippen MR) is 52.8 cm³/mol. The van der Waals surface area contributed by atoms with Crippen LogP contribution in [-0.2, 0) is 4.74 Å². The summed E-state index contributed by atoms with van der Waals surface area (Å²) in [6.45, 7) is 7.55. The molecule has 0 unspecified atom stereocenters. The lowest BCUT2D eigenvalue weighted by Crippen LogP contribution is -2.32. The number of ether oxygens (including phenoxy) is 1. The molecule has 0 aromatic rings. The number of hydrogen-bond acceptors (Lipinski definition) is 3. The first-order valence-electron chi connectivity index (χ1n) is 5.27. The van der Waals surface area contributed by atoms with Gasteiger partial charge in [0.25, 0.3) is 0 Å². The summed E-state index contributed by atoms with van der Waals surface area (Å²) in [6, 6.07) is 0.565. The van der Waals surface area contributed by atoms with E-state index >= 15 is 0 Å². The minimum Gasteiger partial charge on any atom is -0.392 e. The second kappa shape index (κ2) is 5.58. The molecule has 2 atom stereocenters. The molecule has 0 radical (unpaired) electrons. The Labute approximate surface area is 80.7 Å². The van der Waals surface area contributed by atoms with E-state index < -0.39 is 0 Å². The quantitative estimate of drug-likeness (QED) is 0.648. The van der Waals surface area contributed by atoms with Gasteiger partial charge in [-0.25, -0.2) is 0 Å². The third-order valence-corrected chi connectivity index (χ3v) is 2.70. The van der Waals surface area contributed by atoms with Gasteiger partial charge in [0, 0.05) is 25.7 Å². The highest BCUT2D eigenvalue weighted by Gasteiger charge is 2.28. The van der Waals surface area contributed by atoms with Crippen molar-refractivity contribution in [3.63, 3.8) is 0 Å². The van der Waals surface area contributed by atoms with Crippen LogP contribution in [-0.4, -0.2) is 48.5 Å². The van der Waals surface area contributed by atoms with Gasteiger partial charge in [0.05, 0.1) is 12.7 Å². The molecule has 3 nitrogen and oxygen atoms in total. The van der Waals surface area contributed by atoms with Crippen LogP contribution in [0.1, 0.15) is 26.7 Å². The van der Waals surface area contributed by atoms with Crippen LogP contribution in [0.15, 0.2) is 0 Å². The average molecular weight is 187 g/mol. The molecule has 1 rings (SSSR count). The van der Waals surface area contributed by atoms with Gasteiger partial charge in [0.1, 0.15) is 0 Å². The fourth-order valence-corrected chi connectivity index (χ4v) is 1.98. The van der Waals surface area contributed by atoms with Gasteiger partial charge in [-0.15, -0.1) is 0 Å². The zero-order valence-corrected chi connectivity index (χ0v) is 8.70. The van der Waals surface area contributed by atoms with Crippen LogP contribution < -0.4 is 0 Å². The molecule has 0 aromatic carbocycles. The molecule has 0 spiro atoms. The zero-order valence-electron chi connectivity index (χ0n) is 8.70. The number of nitrogens with zero attached hydrogens (tertiary/aromatic N) is 1. The van der Waals surface area contributed by atoms with Gasteiger partial charge in [0.15, 0.2) is 0 Å². The SMILES string of the molecule is CCOCCN1C[C@@H](O)C[C@H]1CC. The van der Waals surface area contributed by atoms with E-state index in [0.29, 0.717) is 6.04 Å². The maximum atomic E-state index is 9.48. The van der Waals surface area contributed by atoms with Crippen molar-refractivity contribution in [3.05, 3.63) is 0 Å². The van der Waals surface area contributed by atoms with Crippen LogP contribution in [0.5, 0.6) is 0 Å². The molecular weight excluding hydrogens is 166 g/mol. The first kappa shape index (κ1) is 11.0. The summed E-state index contributed by atoms with van der Waals surface area (Å²) in [6.07, 6.45) is 1.94. The summed E-state index contributed by atoms with van der Waals surface area (Å²) in [4.78, 5) is 2.33. The number of β-amino-alcohol motifs (C(OH)–C–C–N with tert-alkyl or cyclic N) is 1. The molecule has 78 valence electrons. The van der Waals surface area contributed by atoms with Gasteiger partial charge in [-0.2, -0.15) is 0 Å². The summed E-state index contributed by atoms with van der Waals surface area (Å²) in [5.74, 6) is 0. The fourth-order valence-electron chi connectivity index (χ4n) is 1.98. The fraction of sp³-hybridized carbons (Fsp3) is 1.00. The van der Waals surface area contributed by atoms with Crippen molar-refractivity contribution in [2.45, 2.75) is 38.8 Å². The van der Waals surface area contributed by atoms with Gasteiger partial charge in [0.2, 0.25) is 0 Å². The van der Waals surface area contributed by atoms with Crippen LogP contribution in [0.25, 0.3) is 0 Å². The lowest BCUT2D eigenvalue weighted by molar-refractivity contribution is 0.102. The van der Waals surface area contributed by atoms with Crippen molar-refractivity contribution in [2.24, 2.45) is 0 Å². The van der Waals surface area contributed by atoms with E-state index in [1.807, 2.05) is 6.92 Å². The molecule has 1 heterocycles. The number of likely N-dealkylation sites (tertiary alicyclic amines) is 1. The zero-order chi connectivity index (χ0) is 9.68. The Morgan fingerprint density at radius 1 is 1.46 bits per heavy atom. The van der Waals surface area contributed by atoms with Gasteiger partial charge in [-0.3, -0.25) is 4.90 Å². The minimum absolute atomic E-state index is 0.119. The summed E-state index contributed by atoms with van der Waals surface area (Å²) < 4.78 is 5.30. The van der Waals surface area contributed by atoms with Crippen molar-refractivity contribution >= 4 is 0 Å². The highest BCUT2D eigenvalue weighted by atomic mass is 16.5. The smallest absolute Gasteiger partial charge is 0.0682 e. The van der Waals surface area contributed by atoms with E-state index in [-0.39, 0.29) is 6.10 Å². The lowest BCUT2D eigenvalue weighted by atomic mass is 10.1. The highest BCUT2D eigenvalue weighted by Crippen LogP contribution is 2.19. The van der Waals surface area contributed by atoms with E-state index in [9.17, 15) is 5.11 Å². The molecule has 1 aliphatic heterocycles. The lowest BCUT2D eigenvalue weighted by Gasteiger charge is -2.22. The summed E-state index contributed by atoms with van der Waals surface area (Å²) >= 11 is 0. The number of aliphatic hydroxyl groups excluding tert-OH is 1. The molecule has 1 aliphatic rings. The van der Waals surface area contributed by atoms with Crippen molar-refractivity contribution in [2.75, 3.05) is 26.3 Å². The summed E-state index contributed by atoms with van der Waals surface area (Å²) in [7, 11) is 0. The second-order valence-corrected chi connectivity index (χ2v) is 3.64. The monoisotopic (exact) mass is 187 g/mol. The largest absolute Gasteiger partial charge is 0.392 e. The van der Waals surface area contributed by atoms with E-state index in [0.717, 1.165) is 39.1 Å². The van der Waals surface area contributed by atoms with Crippen molar-refractivity contribution in [1.29, 1.82) is 0 Å². The van der Waals surface area contributed by atoms with Crippen molar-refractivity contribution < 1.29 is 9.84 Å². The van der Waals surface area contributed by atoms with Crippen molar-refractivity contribution in [3.8, 4) is 0 Å². The normalized spacial score (nSPS) is 29.8. The van der Waals surface area contributed by atoms with E-state index in [2.05, 4.69) is 11.8 Å². The maximum absolute atomic E-state index is 9.48. The molecule has 0 aromatic heterocycles. The molecule has 1 fully saturated rings. The maximum Gasteiger partial charge on any atom is 0.0682 e. The average Bonchev–Trinajstić information content (AvgIpc) is 2.47. The molecular formula is C10H21NO2. The molecule has 0 aliphatic carbocycles. The Hall–Kier alpha value is -0.120. The molecule has 1 saturated heterocycles. The van der Waals surface area contributed by atoms with E-state index in [1.165, 1.54) is 0 Å². The predicted octanol–water partition coefficient (Wildman–Crippen LogP) is 0.868. The van der Waals surface area contributed by atoms with E-state index in [4.69, 9.17) is 4.74 Å². The van der Waals surface area contributed by atoms with Crippen LogP contribution in [0, 0.1) is 0 Å². The molecule has 0 amide bonds. The van der Waals surface area contributed by atoms with Crippen LogP contribution in [0.3, 0.4) is 0 Å². The molecule has 0 bridgehead atoms. The Bertz CT molecular complexity index is 141. The van der Waals surface area contributed by atoms with E-state index in [1.54, 1.807) is 0 Å². The molecule has 13 heavy (non-hydrogen) atoms. The van der Waals surface area contributed by atoms with Crippen LogP contribution in [0.2, 0.25) is 0 Å². The van der Waals surface area contributed by atoms with Crippen LogP contribution >= 0.6 is 0 Å².